The first kappa shape index (κ1) is 20.9. The molecule has 30 heavy (non-hydrogen) atoms. The number of anilines is 2. The number of para-hydroxylation sites is 3. The van der Waals surface area contributed by atoms with Crippen molar-refractivity contribution in [3.8, 4) is 11.8 Å². The van der Waals surface area contributed by atoms with E-state index in [0.29, 0.717) is 22.7 Å². The Morgan fingerprint density at radius 2 is 1.90 bits per heavy atom. The summed E-state index contributed by atoms with van der Waals surface area (Å²) in [4.78, 5) is 38.8. The Morgan fingerprint density at radius 3 is 2.63 bits per heavy atom. The quantitative estimate of drug-likeness (QED) is 0.737. The van der Waals surface area contributed by atoms with Gasteiger partial charge in [-0.25, -0.2) is 0 Å². The average molecular weight is 407 g/mol. The van der Waals surface area contributed by atoms with Gasteiger partial charge in [-0.15, -0.1) is 0 Å². The van der Waals surface area contributed by atoms with Crippen LogP contribution in [-0.2, 0) is 19.1 Å². The molecular formula is C22H21N3O5. The number of nitriles is 1. The van der Waals surface area contributed by atoms with Gasteiger partial charge < -0.3 is 19.7 Å². The summed E-state index contributed by atoms with van der Waals surface area (Å²) in [6.45, 7) is 1.58. The predicted octanol–water partition coefficient (Wildman–Crippen LogP) is 2.49. The van der Waals surface area contributed by atoms with Crippen molar-refractivity contribution in [3.63, 3.8) is 0 Å². The van der Waals surface area contributed by atoms with Crippen molar-refractivity contribution in [1.82, 2.24) is 0 Å². The number of nitrogens with one attached hydrogen (secondary N) is 1. The van der Waals surface area contributed by atoms with Gasteiger partial charge in [-0.05, 0) is 31.2 Å². The molecule has 0 unspecified atom stereocenters. The molecule has 3 rings (SSSR count). The first-order chi connectivity index (χ1) is 14.4. The molecule has 1 N–H and O–H groups in total. The molecule has 154 valence electrons. The fourth-order valence-electron chi connectivity index (χ4n) is 3.20. The molecule has 2 aromatic carbocycles. The van der Waals surface area contributed by atoms with Gasteiger partial charge in [0.25, 0.3) is 5.91 Å². The van der Waals surface area contributed by atoms with Crippen LogP contribution in [0.15, 0.2) is 48.5 Å². The predicted molar refractivity (Wildman–Crippen MR) is 109 cm³/mol. The molecule has 0 bridgehead atoms. The van der Waals surface area contributed by atoms with E-state index in [2.05, 4.69) is 5.32 Å². The number of ether oxygens (including phenoxy) is 2. The molecule has 0 saturated carbocycles. The summed E-state index contributed by atoms with van der Waals surface area (Å²) in [5, 5.41) is 11.7. The number of carbonyl (C=O) groups is 3. The SMILES string of the molecule is COc1ccccc1N1C[C@H](C(=O)O[C@@H](C)C(=O)Nc2ccccc2C#N)CC1=O. The van der Waals surface area contributed by atoms with E-state index in [0.717, 1.165) is 0 Å². The van der Waals surface area contributed by atoms with Crippen LogP contribution in [0, 0.1) is 17.2 Å². The van der Waals surface area contributed by atoms with Crippen LogP contribution in [0.2, 0.25) is 0 Å². The van der Waals surface area contributed by atoms with Gasteiger partial charge >= 0.3 is 5.97 Å². The highest BCUT2D eigenvalue weighted by molar-refractivity contribution is 6.01. The van der Waals surface area contributed by atoms with Gasteiger partial charge in [-0.1, -0.05) is 24.3 Å². The molecule has 0 radical (unpaired) electrons. The summed E-state index contributed by atoms with van der Waals surface area (Å²) in [5.74, 6) is -1.57. The summed E-state index contributed by atoms with van der Waals surface area (Å²) in [6, 6.07) is 15.6. The standard InChI is InChI=1S/C22H21N3O5/c1-14(21(27)24-17-8-4-3-7-15(17)12-23)30-22(28)16-11-20(26)25(13-16)18-9-5-6-10-19(18)29-2/h3-10,14,16H,11,13H2,1-2H3,(H,24,27)/t14-,16+/m0/s1. The van der Waals surface area contributed by atoms with Gasteiger partial charge in [0, 0.05) is 13.0 Å². The minimum absolute atomic E-state index is 0.0114. The molecule has 0 aromatic heterocycles. The number of esters is 1. The van der Waals surface area contributed by atoms with Gasteiger partial charge in [0.05, 0.1) is 30.0 Å². The van der Waals surface area contributed by atoms with E-state index < -0.39 is 23.9 Å². The lowest BCUT2D eigenvalue weighted by Crippen LogP contribution is -2.33. The van der Waals surface area contributed by atoms with Crippen molar-refractivity contribution >= 4 is 29.2 Å². The maximum absolute atomic E-state index is 12.5. The Bertz CT molecular complexity index is 1010. The Morgan fingerprint density at radius 1 is 1.20 bits per heavy atom. The van der Waals surface area contributed by atoms with Crippen molar-refractivity contribution in [2.24, 2.45) is 5.92 Å². The molecule has 2 amide bonds. The Labute approximate surface area is 174 Å². The van der Waals surface area contributed by atoms with Crippen molar-refractivity contribution in [2.45, 2.75) is 19.4 Å². The van der Waals surface area contributed by atoms with Crippen LogP contribution in [-0.4, -0.2) is 37.5 Å². The third kappa shape index (κ3) is 4.41. The number of amides is 2. The maximum atomic E-state index is 12.5. The van der Waals surface area contributed by atoms with Crippen molar-refractivity contribution in [3.05, 3.63) is 54.1 Å². The smallest absolute Gasteiger partial charge is 0.312 e. The van der Waals surface area contributed by atoms with Gasteiger partial charge in [0.2, 0.25) is 5.91 Å². The number of rotatable bonds is 6. The fraction of sp³-hybridized carbons (Fsp3) is 0.273. The minimum Gasteiger partial charge on any atom is -0.495 e. The maximum Gasteiger partial charge on any atom is 0.312 e. The summed E-state index contributed by atoms with van der Waals surface area (Å²) >= 11 is 0. The van der Waals surface area contributed by atoms with Gasteiger partial charge in [0.1, 0.15) is 11.8 Å². The number of carbonyl (C=O) groups excluding carboxylic acids is 3. The molecule has 2 atom stereocenters. The van der Waals surface area contributed by atoms with E-state index in [1.165, 1.54) is 18.9 Å². The second-order valence-electron chi connectivity index (χ2n) is 6.80. The fourth-order valence-corrected chi connectivity index (χ4v) is 3.20. The number of benzene rings is 2. The van der Waals surface area contributed by atoms with E-state index in [1.54, 1.807) is 48.5 Å². The first-order valence-electron chi connectivity index (χ1n) is 9.38. The minimum atomic E-state index is -1.08. The van der Waals surface area contributed by atoms with E-state index in [4.69, 9.17) is 14.7 Å². The lowest BCUT2D eigenvalue weighted by Gasteiger charge is -2.20. The Balaban J connectivity index is 1.62. The van der Waals surface area contributed by atoms with Crippen molar-refractivity contribution in [1.29, 1.82) is 5.26 Å². The monoisotopic (exact) mass is 407 g/mol. The molecular weight excluding hydrogens is 386 g/mol. The van der Waals surface area contributed by atoms with Crippen molar-refractivity contribution in [2.75, 3.05) is 23.9 Å². The van der Waals surface area contributed by atoms with Crippen LogP contribution in [0.4, 0.5) is 11.4 Å². The molecule has 0 spiro atoms. The third-order valence-corrected chi connectivity index (χ3v) is 4.80. The molecule has 1 fully saturated rings. The van der Waals surface area contributed by atoms with Gasteiger partial charge in [0.15, 0.2) is 6.10 Å². The number of hydrogen-bond acceptors (Lipinski definition) is 6. The van der Waals surface area contributed by atoms with E-state index in [-0.39, 0.29) is 18.9 Å². The Hall–Kier alpha value is -3.86. The number of hydrogen-bond donors (Lipinski definition) is 1. The van der Waals surface area contributed by atoms with Gasteiger partial charge in [-0.3, -0.25) is 14.4 Å². The first-order valence-corrected chi connectivity index (χ1v) is 9.38. The highest BCUT2D eigenvalue weighted by Crippen LogP contribution is 2.33. The Kier molecular flexibility index (Phi) is 6.32. The highest BCUT2D eigenvalue weighted by Gasteiger charge is 2.38. The molecule has 1 heterocycles. The summed E-state index contributed by atoms with van der Waals surface area (Å²) < 4.78 is 10.6. The van der Waals surface area contributed by atoms with E-state index in [1.807, 2.05) is 6.07 Å². The van der Waals surface area contributed by atoms with Crippen LogP contribution < -0.4 is 15.0 Å². The zero-order valence-electron chi connectivity index (χ0n) is 16.6. The third-order valence-electron chi connectivity index (χ3n) is 4.80. The topological polar surface area (TPSA) is 109 Å². The van der Waals surface area contributed by atoms with Crippen LogP contribution in [0.1, 0.15) is 18.9 Å². The highest BCUT2D eigenvalue weighted by atomic mass is 16.5. The summed E-state index contributed by atoms with van der Waals surface area (Å²) in [5.41, 5.74) is 1.23. The molecule has 8 heteroatoms. The second-order valence-corrected chi connectivity index (χ2v) is 6.80. The van der Waals surface area contributed by atoms with E-state index in [9.17, 15) is 14.4 Å². The number of nitrogens with zero attached hydrogens (tertiary/aromatic N) is 2. The number of methoxy groups -OCH3 is 1. The molecule has 8 nitrogen and oxygen atoms in total. The molecule has 0 aliphatic carbocycles. The van der Waals surface area contributed by atoms with Crippen molar-refractivity contribution < 1.29 is 23.9 Å². The zero-order valence-corrected chi connectivity index (χ0v) is 16.6. The largest absolute Gasteiger partial charge is 0.495 e. The van der Waals surface area contributed by atoms with E-state index >= 15 is 0 Å². The lowest BCUT2D eigenvalue weighted by molar-refractivity contribution is -0.157. The molecule has 1 aliphatic rings. The summed E-state index contributed by atoms with van der Waals surface area (Å²) in [6.07, 6.45) is -1.10. The van der Waals surface area contributed by atoms with Crippen LogP contribution in [0.3, 0.4) is 0 Å². The van der Waals surface area contributed by atoms with Crippen LogP contribution >= 0.6 is 0 Å². The normalized spacial score (nSPS) is 16.5. The lowest BCUT2D eigenvalue weighted by atomic mass is 10.1. The molecule has 1 saturated heterocycles. The molecule has 2 aromatic rings. The molecule has 1 aliphatic heterocycles. The van der Waals surface area contributed by atoms with Gasteiger partial charge in [-0.2, -0.15) is 5.26 Å². The zero-order chi connectivity index (χ0) is 21.7. The van der Waals surface area contributed by atoms with Crippen LogP contribution in [0.25, 0.3) is 0 Å². The second kappa shape index (κ2) is 9.09. The average Bonchev–Trinajstić information content (AvgIpc) is 3.15. The van der Waals surface area contributed by atoms with Crippen LogP contribution in [0.5, 0.6) is 5.75 Å². The summed E-state index contributed by atoms with van der Waals surface area (Å²) in [7, 11) is 1.51.